The van der Waals surface area contributed by atoms with Crippen LogP contribution in [0.5, 0.6) is 0 Å². The molecule has 1 heterocycles. The van der Waals surface area contributed by atoms with Crippen molar-refractivity contribution in [2.24, 2.45) is 4.99 Å². The number of aliphatic imine (C=N–C) groups is 1. The molecule has 128 valence electrons. The number of guanidine groups is 1. The van der Waals surface area contributed by atoms with E-state index >= 15 is 0 Å². The SMILES string of the molecule is CN=C(NCC(c1cccc(F)c1)N1CCOCC1)NC(C)C. The summed E-state index contributed by atoms with van der Waals surface area (Å²) in [5.41, 5.74) is 0.972. The van der Waals surface area contributed by atoms with Crippen LogP contribution in [0.4, 0.5) is 4.39 Å². The number of hydrogen-bond acceptors (Lipinski definition) is 3. The Bertz CT molecular complexity index is 515. The van der Waals surface area contributed by atoms with Crippen LogP contribution in [0, 0.1) is 5.82 Å². The van der Waals surface area contributed by atoms with Gasteiger partial charge in [-0.25, -0.2) is 4.39 Å². The van der Waals surface area contributed by atoms with Gasteiger partial charge in [-0.15, -0.1) is 0 Å². The first-order valence-electron chi connectivity index (χ1n) is 8.14. The van der Waals surface area contributed by atoms with Gasteiger partial charge in [-0.2, -0.15) is 0 Å². The van der Waals surface area contributed by atoms with Crippen molar-refractivity contribution in [3.8, 4) is 0 Å². The summed E-state index contributed by atoms with van der Waals surface area (Å²) in [6, 6.07) is 7.22. The Kier molecular flexibility index (Phi) is 6.80. The van der Waals surface area contributed by atoms with E-state index in [4.69, 9.17) is 4.74 Å². The predicted molar refractivity (Wildman–Crippen MR) is 91.2 cm³/mol. The number of morpholine rings is 1. The number of hydrogen-bond donors (Lipinski definition) is 2. The van der Waals surface area contributed by atoms with E-state index in [1.54, 1.807) is 19.2 Å². The summed E-state index contributed by atoms with van der Waals surface area (Å²) in [4.78, 5) is 6.56. The highest BCUT2D eigenvalue weighted by molar-refractivity contribution is 5.79. The Balaban J connectivity index is 2.10. The Hall–Kier alpha value is -1.66. The molecule has 1 saturated heterocycles. The molecule has 1 aliphatic heterocycles. The lowest BCUT2D eigenvalue weighted by atomic mass is 10.0. The molecule has 0 aliphatic carbocycles. The van der Waals surface area contributed by atoms with Crippen LogP contribution in [0.3, 0.4) is 0 Å². The van der Waals surface area contributed by atoms with Gasteiger partial charge in [-0.05, 0) is 31.5 Å². The Morgan fingerprint density at radius 3 is 2.70 bits per heavy atom. The average molecular weight is 322 g/mol. The maximum atomic E-state index is 13.6. The summed E-state index contributed by atoms with van der Waals surface area (Å²) >= 11 is 0. The Morgan fingerprint density at radius 2 is 2.09 bits per heavy atom. The molecule has 0 amide bonds. The quantitative estimate of drug-likeness (QED) is 0.641. The lowest BCUT2D eigenvalue weighted by Gasteiger charge is -2.35. The third kappa shape index (κ3) is 5.48. The van der Waals surface area contributed by atoms with Crippen LogP contribution in [-0.4, -0.2) is 56.8 Å². The van der Waals surface area contributed by atoms with Crippen LogP contribution in [0.25, 0.3) is 0 Å². The van der Waals surface area contributed by atoms with Gasteiger partial charge in [0.1, 0.15) is 5.82 Å². The minimum Gasteiger partial charge on any atom is -0.379 e. The zero-order valence-corrected chi connectivity index (χ0v) is 14.2. The van der Waals surface area contributed by atoms with Gasteiger partial charge < -0.3 is 15.4 Å². The number of nitrogens with one attached hydrogen (secondary N) is 2. The smallest absolute Gasteiger partial charge is 0.191 e. The van der Waals surface area contributed by atoms with Gasteiger partial charge >= 0.3 is 0 Å². The molecule has 0 saturated carbocycles. The summed E-state index contributed by atoms with van der Waals surface area (Å²) in [5, 5.41) is 6.62. The fourth-order valence-corrected chi connectivity index (χ4v) is 2.72. The molecule has 0 aromatic heterocycles. The highest BCUT2D eigenvalue weighted by Crippen LogP contribution is 2.22. The second-order valence-electron chi connectivity index (χ2n) is 5.97. The number of nitrogens with zero attached hydrogens (tertiary/aromatic N) is 2. The summed E-state index contributed by atoms with van der Waals surface area (Å²) in [5.74, 6) is 0.556. The molecule has 2 rings (SSSR count). The van der Waals surface area contributed by atoms with Gasteiger partial charge in [-0.1, -0.05) is 12.1 Å². The van der Waals surface area contributed by atoms with Crippen molar-refractivity contribution in [1.29, 1.82) is 0 Å². The molecule has 0 bridgehead atoms. The van der Waals surface area contributed by atoms with Gasteiger partial charge in [0.15, 0.2) is 5.96 Å². The molecule has 1 atom stereocenters. The predicted octanol–water partition coefficient (Wildman–Crippen LogP) is 1.77. The molecule has 0 radical (unpaired) electrons. The highest BCUT2D eigenvalue weighted by Gasteiger charge is 2.23. The monoisotopic (exact) mass is 322 g/mol. The summed E-state index contributed by atoms with van der Waals surface area (Å²) in [6.07, 6.45) is 0. The fourth-order valence-electron chi connectivity index (χ4n) is 2.72. The van der Waals surface area contributed by atoms with Gasteiger partial charge in [0.2, 0.25) is 0 Å². The van der Waals surface area contributed by atoms with Crippen LogP contribution < -0.4 is 10.6 Å². The third-order valence-corrected chi connectivity index (χ3v) is 3.83. The molecular weight excluding hydrogens is 295 g/mol. The van der Waals surface area contributed by atoms with E-state index < -0.39 is 0 Å². The minimum atomic E-state index is -0.203. The van der Waals surface area contributed by atoms with Crippen LogP contribution in [0.15, 0.2) is 29.3 Å². The van der Waals surface area contributed by atoms with Crippen molar-refractivity contribution in [2.75, 3.05) is 39.9 Å². The van der Waals surface area contributed by atoms with E-state index in [1.165, 1.54) is 6.07 Å². The number of halogens is 1. The fraction of sp³-hybridized carbons (Fsp3) is 0.588. The second-order valence-corrected chi connectivity index (χ2v) is 5.97. The van der Waals surface area contributed by atoms with E-state index in [0.29, 0.717) is 25.8 Å². The average Bonchev–Trinajstić information content (AvgIpc) is 2.54. The van der Waals surface area contributed by atoms with E-state index in [1.807, 2.05) is 6.07 Å². The Morgan fingerprint density at radius 1 is 1.35 bits per heavy atom. The van der Waals surface area contributed by atoms with Crippen molar-refractivity contribution >= 4 is 5.96 Å². The second kappa shape index (κ2) is 8.84. The molecule has 1 aliphatic rings. The van der Waals surface area contributed by atoms with Crippen LogP contribution in [0.2, 0.25) is 0 Å². The maximum absolute atomic E-state index is 13.6. The molecule has 23 heavy (non-hydrogen) atoms. The zero-order valence-electron chi connectivity index (χ0n) is 14.2. The highest BCUT2D eigenvalue weighted by atomic mass is 19.1. The number of ether oxygens (including phenoxy) is 1. The van der Waals surface area contributed by atoms with Crippen molar-refractivity contribution in [3.05, 3.63) is 35.6 Å². The molecule has 6 heteroatoms. The Labute approximate surface area is 137 Å². The van der Waals surface area contributed by atoms with E-state index in [2.05, 4.69) is 34.4 Å². The van der Waals surface area contributed by atoms with E-state index in [9.17, 15) is 4.39 Å². The lowest BCUT2D eigenvalue weighted by molar-refractivity contribution is 0.0169. The maximum Gasteiger partial charge on any atom is 0.191 e. The normalized spacial score (nSPS) is 18.0. The van der Waals surface area contributed by atoms with Gasteiger partial charge in [-0.3, -0.25) is 9.89 Å². The third-order valence-electron chi connectivity index (χ3n) is 3.83. The first-order chi connectivity index (χ1) is 11.1. The summed E-state index contributed by atoms with van der Waals surface area (Å²) in [6.45, 7) is 7.92. The zero-order chi connectivity index (χ0) is 16.7. The van der Waals surface area contributed by atoms with E-state index in [0.717, 1.165) is 24.6 Å². The van der Waals surface area contributed by atoms with Crippen molar-refractivity contribution in [3.63, 3.8) is 0 Å². The van der Waals surface area contributed by atoms with Crippen molar-refractivity contribution in [1.82, 2.24) is 15.5 Å². The first-order valence-corrected chi connectivity index (χ1v) is 8.14. The van der Waals surface area contributed by atoms with Crippen molar-refractivity contribution < 1.29 is 9.13 Å². The van der Waals surface area contributed by atoms with Crippen molar-refractivity contribution in [2.45, 2.75) is 25.9 Å². The molecule has 1 aromatic carbocycles. The van der Waals surface area contributed by atoms with E-state index in [-0.39, 0.29) is 11.9 Å². The van der Waals surface area contributed by atoms with Crippen LogP contribution in [-0.2, 0) is 4.74 Å². The molecule has 5 nitrogen and oxygen atoms in total. The molecule has 1 aromatic rings. The lowest BCUT2D eigenvalue weighted by Crippen LogP contribution is -2.47. The largest absolute Gasteiger partial charge is 0.379 e. The molecule has 1 unspecified atom stereocenters. The molecule has 0 spiro atoms. The summed E-state index contributed by atoms with van der Waals surface area (Å²) < 4.78 is 19.1. The molecule has 2 N–H and O–H groups in total. The van der Waals surface area contributed by atoms with Crippen LogP contribution in [0.1, 0.15) is 25.5 Å². The number of benzene rings is 1. The summed E-state index contributed by atoms with van der Waals surface area (Å²) in [7, 11) is 1.75. The topological polar surface area (TPSA) is 48.9 Å². The van der Waals surface area contributed by atoms with Crippen LogP contribution >= 0.6 is 0 Å². The van der Waals surface area contributed by atoms with Gasteiger partial charge in [0.25, 0.3) is 0 Å². The first kappa shape index (κ1) is 17.7. The molecular formula is C17H27FN4O. The number of rotatable bonds is 5. The standard InChI is InChI=1S/C17H27FN4O/c1-13(2)21-17(19-3)20-12-16(22-7-9-23-10-8-22)14-5-4-6-15(18)11-14/h4-6,11,13,16H,7-10,12H2,1-3H3,(H2,19,20,21). The van der Waals surface area contributed by atoms with Gasteiger partial charge in [0.05, 0.1) is 19.3 Å². The molecule has 1 fully saturated rings. The van der Waals surface area contributed by atoms with Gasteiger partial charge in [0, 0.05) is 32.7 Å². The minimum absolute atomic E-state index is 0.0836.